The summed E-state index contributed by atoms with van der Waals surface area (Å²) in [5.74, 6) is 0.695. The number of carbonyl (C=O) groups is 1. The van der Waals surface area contributed by atoms with Gasteiger partial charge in [0, 0.05) is 24.5 Å². The van der Waals surface area contributed by atoms with E-state index in [-0.39, 0.29) is 5.91 Å². The van der Waals surface area contributed by atoms with Crippen LogP contribution in [0, 0.1) is 0 Å². The number of likely N-dealkylation sites (N-methyl/N-ethyl adjacent to an activating group) is 1. The van der Waals surface area contributed by atoms with E-state index >= 15 is 0 Å². The van der Waals surface area contributed by atoms with E-state index in [1.54, 1.807) is 12.3 Å². The maximum absolute atomic E-state index is 12.3. The number of benzene rings is 1. The normalized spacial score (nSPS) is 13.8. The van der Waals surface area contributed by atoms with Crippen molar-refractivity contribution in [1.29, 1.82) is 0 Å². The smallest absolute Gasteiger partial charge is 0.257 e. The van der Waals surface area contributed by atoms with E-state index in [1.807, 2.05) is 18.2 Å². The zero-order valence-electron chi connectivity index (χ0n) is 14.2. The number of amides is 1. The third-order valence-corrected chi connectivity index (χ3v) is 4.01. The number of carbonyl (C=O) groups excluding carboxylic acids is 1. The molecule has 3 rings (SSSR count). The number of anilines is 2. The Bertz CT molecular complexity index is 676. The van der Waals surface area contributed by atoms with Crippen molar-refractivity contribution < 1.29 is 4.79 Å². The molecule has 0 atom stereocenters. The highest BCUT2D eigenvalue weighted by molar-refractivity contribution is 6.04. The standard InChI is InChI=1S/C19H24N4O/c1-23(2)12-11-14-3-6-17(7-4-14)22-19(24)15-5-10-18(20-13-15)21-16-8-9-16/h3-7,10,13,16H,8-9,11-12H2,1-2H3,(H,20,21)(H,22,24). The van der Waals surface area contributed by atoms with Gasteiger partial charge in [0.15, 0.2) is 0 Å². The molecule has 1 aromatic carbocycles. The molecule has 5 nitrogen and oxygen atoms in total. The molecular formula is C19H24N4O. The molecule has 126 valence electrons. The molecule has 1 aliphatic carbocycles. The molecule has 1 heterocycles. The molecule has 0 aliphatic heterocycles. The fraction of sp³-hybridized carbons (Fsp3) is 0.368. The minimum atomic E-state index is -0.137. The maximum Gasteiger partial charge on any atom is 0.257 e. The lowest BCUT2D eigenvalue weighted by molar-refractivity contribution is 0.102. The summed E-state index contributed by atoms with van der Waals surface area (Å²) in [7, 11) is 4.13. The van der Waals surface area contributed by atoms with Crippen LogP contribution in [0.3, 0.4) is 0 Å². The number of aromatic nitrogens is 1. The largest absolute Gasteiger partial charge is 0.367 e. The van der Waals surface area contributed by atoms with Gasteiger partial charge in [0.1, 0.15) is 5.82 Å². The van der Waals surface area contributed by atoms with Crippen molar-refractivity contribution in [1.82, 2.24) is 9.88 Å². The van der Waals surface area contributed by atoms with Gasteiger partial charge in [-0.3, -0.25) is 4.79 Å². The zero-order valence-corrected chi connectivity index (χ0v) is 14.2. The highest BCUT2D eigenvalue weighted by Gasteiger charge is 2.21. The molecule has 0 unspecified atom stereocenters. The second-order valence-electron chi connectivity index (χ2n) is 6.56. The van der Waals surface area contributed by atoms with Crippen molar-refractivity contribution in [2.75, 3.05) is 31.3 Å². The van der Waals surface area contributed by atoms with Gasteiger partial charge < -0.3 is 15.5 Å². The summed E-state index contributed by atoms with van der Waals surface area (Å²) in [5.41, 5.74) is 2.63. The fourth-order valence-electron chi connectivity index (χ4n) is 2.36. The third kappa shape index (κ3) is 4.80. The van der Waals surface area contributed by atoms with Crippen LogP contribution in [0.15, 0.2) is 42.6 Å². The molecule has 1 amide bonds. The first-order valence-electron chi connectivity index (χ1n) is 8.38. The van der Waals surface area contributed by atoms with Crippen LogP contribution in [0.2, 0.25) is 0 Å². The van der Waals surface area contributed by atoms with Gasteiger partial charge in [-0.1, -0.05) is 12.1 Å². The molecule has 1 aromatic heterocycles. The average molecular weight is 324 g/mol. The topological polar surface area (TPSA) is 57.3 Å². The molecule has 1 fully saturated rings. The number of rotatable bonds is 7. The Hall–Kier alpha value is -2.40. The van der Waals surface area contributed by atoms with Crippen molar-refractivity contribution >= 4 is 17.4 Å². The van der Waals surface area contributed by atoms with Crippen LogP contribution in [0.25, 0.3) is 0 Å². The van der Waals surface area contributed by atoms with Gasteiger partial charge in [-0.05, 0) is 63.2 Å². The van der Waals surface area contributed by atoms with Crippen LogP contribution in [0.1, 0.15) is 28.8 Å². The Balaban J connectivity index is 1.55. The Kier molecular flexibility index (Phi) is 5.11. The second-order valence-corrected chi connectivity index (χ2v) is 6.56. The lowest BCUT2D eigenvalue weighted by Gasteiger charge is -2.10. The number of nitrogens with one attached hydrogen (secondary N) is 2. The molecule has 2 aromatic rings. The van der Waals surface area contributed by atoms with Gasteiger partial charge in [-0.25, -0.2) is 4.98 Å². The van der Waals surface area contributed by atoms with E-state index in [4.69, 9.17) is 0 Å². The summed E-state index contributed by atoms with van der Waals surface area (Å²) in [6, 6.07) is 12.2. The van der Waals surface area contributed by atoms with Gasteiger partial charge in [0.25, 0.3) is 5.91 Å². The molecule has 24 heavy (non-hydrogen) atoms. The van der Waals surface area contributed by atoms with Gasteiger partial charge in [0.2, 0.25) is 0 Å². The first-order chi connectivity index (χ1) is 11.6. The molecule has 0 spiro atoms. The molecule has 1 aliphatic rings. The predicted octanol–water partition coefficient (Wildman–Crippen LogP) is 3.01. The fourth-order valence-corrected chi connectivity index (χ4v) is 2.36. The minimum absolute atomic E-state index is 0.137. The summed E-state index contributed by atoms with van der Waals surface area (Å²) in [6.45, 7) is 1.01. The monoisotopic (exact) mass is 324 g/mol. The molecule has 0 radical (unpaired) electrons. The molecule has 0 saturated heterocycles. The first-order valence-corrected chi connectivity index (χ1v) is 8.38. The van der Waals surface area contributed by atoms with E-state index in [2.05, 4.69) is 46.7 Å². The van der Waals surface area contributed by atoms with Crippen molar-refractivity contribution in [3.8, 4) is 0 Å². The molecular weight excluding hydrogens is 300 g/mol. The second kappa shape index (κ2) is 7.45. The third-order valence-electron chi connectivity index (χ3n) is 4.01. The van der Waals surface area contributed by atoms with Crippen molar-refractivity contribution in [2.45, 2.75) is 25.3 Å². The van der Waals surface area contributed by atoms with E-state index < -0.39 is 0 Å². The number of hydrogen-bond acceptors (Lipinski definition) is 4. The van der Waals surface area contributed by atoms with Crippen molar-refractivity contribution in [3.63, 3.8) is 0 Å². The summed E-state index contributed by atoms with van der Waals surface area (Å²) < 4.78 is 0. The van der Waals surface area contributed by atoms with Crippen LogP contribution in [0.4, 0.5) is 11.5 Å². The average Bonchev–Trinajstić information content (AvgIpc) is 3.39. The van der Waals surface area contributed by atoms with Gasteiger partial charge in [0.05, 0.1) is 5.56 Å². The van der Waals surface area contributed by atoms with Crippen LogP contribution < -0.4 is 10.6 Å². The Morgan fingerprint density at radius 3 is 2.50 bits per heavy atom. The van der Waals surface area contributed by atoms with Crippen LogP contribution in [0.5, 0.6) is 0 Å². The summed E-state index contributed by atoms with van der Waals surface area (Å²) in [5, 5.41) is 6.22. The maximum atomic E-state index is 12.3. The number of pyridine rings is 1. The lowest BCUT2D eigenvalue weighted by Crippen LogP contribution is -2.15. The molecule has 1 saturated carbocycles. The highest BCUT2D eigenvalue weighted by atomic mass is 16.1. The molecule has 2 N–H and O–H groups in total. The van der Waals surface area contributed by atoms with Crippen molar-refractivity contribution in [3.05, 3.63) is 53.7 Å². The van der Waals surface area contributed by atoms with E-state index in [9.17, 15) is 4.79 Å². The quantitative estimate of drug-likeness (QED) is 0.822. The first kappa shape index (κ1) is 16.5. The summed E-state index contributed by atoms with van der Waals surface area (Å²) >= 11 is 0. The van der Waals surface area contributed by atoms with E-state index in [1.165, 1.54) is 18.4 Å². The molecule has 5 heteroatoms. The van der Waals surface area contributed by atoms with E-state index in [0.29, 0.717) is 11.6 Å². The Morgan fingerprint density at radius 2 is 1.92 bits per heavy atom. The van der Waals surface area contributed by atoms with Crippen LogP contribution >= 0.6 is 0 Å². The number of hydrogen-bond donors (Lipinski definition) is 2. The zero-order chi connectivity index (χ0) is 16.9. The SMILES string of the molecule is CN(C)CCc1ccc(NC(=O)c2ccc(NC3CC3)nc2)cc1. The highest BCUT2D eigenvalue weighted by Crippen LogP contribution is 2.23. The van der Waals surface area contributed by atoms with Gasteiger partial charge >= 0.3 is 0 Å². The lowest BCUT2D eigenvalue weighted by atomic mass is 10.1. The minimum Gasteiger partial charge on any atom is -0.367 e. The summed E-state index contributed by atoms with van der Waals surface area (Å²) in [4.78, 5) is 18.7. The van der Waals surface area contributed by atoms with Gasteiger partial charge in [-0.15, -0.1) is 0 Å². The van der Waals surface area contributed by atoms with Crippen LogP contribution in [-0.2, 0) is 6.42 Å². The Morgan fingerprint density at radius 1 is 1.17 bits per heavy atom. The van der Waals surface area contributed by atoms with E-state index in [0.717, 1.165) is 24.5 Å². The van der Waals surface area contributed by atoms with Crippen LogP contribution in [-0.4, -0.2) is 42.5 Å². The Labute approximate surface area is 143 Å². The molecule has 0 bridgehead atoms. The summed E-state index contributed by atoms with van der Waals surface area (Å²) in [6.07, 6.45) is 5.02. The predicted molar refractivity (Wildman–Crippen MR) is 97.5 cm³/mol. The number of nitrogens with zero attached hydrogens (tertiary/aromatic N) is 2. The van der Waals surface area contributed by atoms with Gasteiger partial charge in [-0.2, -0.15) is 0 Å². The van der Waals surface area contributed by atoms with Crippen molar-refractivity contribution in [2.24, 2.45) is 0 Å².